The minimum atomic E-state index is -3.72. The second-order valence-corrected chi connectivity index (χ2v) is 9.27. The molecular weight excluding hydrogens is 390 g/mol. The lowest BCUT2D eigenvalue weighted by molar-refractivity contribution is 0.194. The normalized spacial score (nSPS) is 16.4. The molecule has 29 heavy (non-hydrogen) atoms. The Morgan fingerprint density at radius 3 is 2.41 bits per heavy atom. The number of hydrogen-bond donors (Lipinski definition) is 2. The molecule has 3 aromatic rings. The van der Waals surface area contributed by atoms with Gasteiger partial charge >= 0.3 is 0 Å². The van der Waals surface area contributed by atoms with Crippen LogP contribution in [0.3, 0.4) is 0 Å². The van der Waals surface area contributed by atoms with Gasteiger partial charge in [-0.25, -0.2) is 23.5 Å². The summed E-state index contributed by atoms with van der Waals surface area (Å²) in [6.07, 6.45) is 1.97. The van der Waals surface area contributed by atoms with E-state index in [0.29, 0.717) is 22.9 Å². The highest BCUT2D eigenvalue weighted by Gasteiger charge is 2.41. The van der Waals surface area contributed by atoms with E-state index in [9.17, 15) is 8.42 Å². The average Bonchev–Trinajstić information content (AvgIpc) is 3.38. The number of hydrogen-bond acceptors (Lipinski definition) is 7. The molecule has 1 aliphatic rings. The Bertz CT molecular complexity index is 1170. The van der Waals surface area contributed by atoms with Gasteiger partial charge in [-0.2, -0.15) is 4.98 Å². The van der Waals surface area contributed by atoms with E-state index >= 15 is 0 Å². The summed E-state index contributed by atoms with van der Waals surface area (Å²) in [5.41, 5.74) is 2.90. The molecule has 0 unspecified atom stereocenters. The number of nitrogens with zero attached hydrogens (tertiary/aromatic N) is 3. The van der Waals surface area contributed by atoms with Gasteiger partial charge in [-0.15, -0.1) is 0 Å². The van der Waals surface area contributed by atoms with Crippen LogP contribution in [0.25, 0.3) is 11.0 Å². The van der Waals surface area contributed by atoms with E-state index < -0.39 is 10.0 Å². The van der Waals surface area contributed by atoms with E-state index in [0.717, 1.165) is 24.1 Å². The Labute approximate surface area is 169 Å². The fourth-order valence-corrected chi connectivity index (χ4v) is 3.47. The van der Waals surface area contributed by atoms with E-state index in [1.54, 1.807) is 12.1 Å². The summed E-state index contributed by atoms with van der Waals surface area (Å²) in [6.45, 7) is 5.91. The number of anilines is 1. The van der Waals surface area contributed by atoms with Gasteiger partial charge in [-0.05, 0) is 63.4 Å². The van der Waals surface area contributed by atoms with Gasteiger partial charge in [0, 0.05) is 5.69 Å². The number of rotatable bonds is 6. The smallest absolute Gasteiger partial charge is 0.246 e. The van der Waals surface area contributed by atoms with Crippen molar-refractivity contribution in [1.29, 1.82) is 0 Å². The lowest BCUT2D eigenvalue weighted by atomic mass is 10.1. The molecule has 1 saturated carbocycles. The molecule has 0 amide bonds. The number of fused-ring (bicyclic) bond motifs is 1. The highest BCUT2D eigenvalue weighted by Crippen LogP contribution is 2.40. The predicted octanol–water partition coefficient (Wildman–Crippen LogP) is 3.09. The molecule has 0 radical (unpaired) electrons. The molecule has 4 rings (SSSR count). The topological polar surface area (TPSA) is 120 Å². The zero-order valence-electron chi connectivity index (χ0n) is 16.5. The maximum Gasteiger partial charge on any atom is 0.246 e. The molecule has 2 aromatic heterocycles. The number of ether oxygens (including phenoxy) is 1. The lowest BCUT2D eigenvalue weighted by Gasteiger charge is -2.18. The van der Waals surface area contributed by atoms with Crippen LogP contribution in [0.2, 0.25) is 0 Å². The number of sulfonamides is 1. The molecule has 1 aromatic carbocycles. The second-order valence-electron chi connectivity index (χ2n) is 7.70. The van der Waals surface area contributed by atoms with Crippen molar-refractivity contribution >= 4 is 27.0 Å². The van der Waals surface area contributed by atoms with Crippen molar-refractivity contribution < 1.29 is 13.2 Å². The number of nitrogens with two attached hydrogens (primary N) is 1. The predicted molar refractivity (Wildman–Crippen MR) is 110 cm³/mol. The van der Waals surface area contributed by atoms with Crippen LogP contribution in [0.1, 0.15) is 44.0 Å². The number of primary sulfonamides is 1. The Morgan fingerprint density at radius 1 is 1.10 bits per heavy atom. The molecule has 1 fully saturated rings. The molecule has 9 heteroatoms. The average molecular weight is 414 g/mol. The first kappa shape index (κ1) is 19.5. The van der Waals surface area contributed by atoms with Gasteiger partial charge in [0.05, 0.1) is 16.5 Å². The summed E-state index contributed by atoms with van der Waals surface area (Å²) in [5, 5.41) is 8.42. The van der Waals surface area contributed by atoms with Crippen molar-refractivity contribution in [3.05, 3.63) is 47.7 Å². The fourth-order valence-electron chi connectivity index (χ4n) is 2.96. The van der Waals surface area contributed by atoms with Crippen LogP contribution in [-0.2, 0) is 10.0 Å². The van der Waals surface area contributed by atoms with Gasteiger partial charge in [-0.1, -0.05) is 12.1 Å². The molecule has 1 aliphatic carbocycles. The van der Waals surface area contributed by atoms with Crippen molar-refractivity contribution in [3.63, 3.8) is 0 Å². The molecule has 3 N–H and O–H groups in total. The van der Waals surface area contributed by atoms with Crippen molar-refractivity contribution in [2.45, 2.75) is 50.2 Å². The summed E-state index contributed by atoms with van der Waals surface area (Å²) < 4.78 is 29.0. The largest absolute Gasteiger partial charge is 0.470 e. The van der Waals surface area contributed by atoms with Crippen LogP contribution in [-0.4, -0.2) is 29.0 Å². The zero-order chi connectivity index (χ0) is 20.8. The summed E-state index contributed by atoms with van der Waals surface area (Å²) in [6, 6.07) is 10.0. The van der Waals surface area contributed by atoms with Crippen LogP contribution in [0.4, 0.5) is 5.95 Å². The van der Waals surface area contributed by atoms with Gasteiger partial charge in [-0.3, -0.25) is 0 Å². The number of aryl methyl sites for hydroxylation is 1. The van der Waals surface area contributed by atoms with Gasteiger partial charge in [0.2, 0.25) is 21.9 Å². The third-order valence-electron chi connectivity index (χ3n) is 5.00. The monoisotopic (exact) mass is 413 g/mol. The third kappa shape index (κ3) is 4.30. The maximum absolute atomic E-state index is 11.4. The van der Waals surface area contributed by atoms with E-state index in [1.807, 2.05) is 26.0 Å². The van der Waals surface area contributed by atoms with Crippen LogP contribution in [0.5, 0.6) is 5.88 Å². The molecule has 0 spiro atoms. The van der Waals surface area contributed by atoms with E-state index in [2.05, 4.69) is 27.2 Å². The van der Waals surface area contributed by atoms with Gasteiger partial charge < -0.3 is 10.1 Å². The number of aromatic nitrogens is 3. The van der Waals surface area contributed by atoms with E-state index in [4.69, 9.17) is 9.88 Å². The SMILES string of the molecule is Cc1ccc2nc(N[C@H](C)c3ccc(S(N)(=O)=O)cc3)nc(OC3(C)CC3)c2n1. The van der Waals surface area contributed by atoms with Crippen LogP contribution in [0.15, 0.2) is 41.3 Å². The first-order valence-electron chi connectivity index (χ1n) is 9.37. The van der Waals surface area contributed by atoms with E-state index in [-0.39, 0.29) is 16.5 Å². The molecule has 152 valence electrons. The molecule has 0 saturated heterocycles. The molecule has 8 nitrogen and oxygen atoms in total. The first-order valence-corrected chi connectivity index (χ1v) is 10.9. The van der Waals surface area contributed by atoms with Crippen LogP contribution in [0, 0.1) is 6.92 Å². The van der Waals surface area contributed by atoms with Crippen LogP contribution < -0.4 is 15.2 Å². The number of pyridine rings is 1. The third-order valence-corrected chi connectivity index (χ3v) is 5.93. The standard InChI is InChI=1S/C20H23N5O3S/c1-12-4-9-16-17(22-12)18(28-20(3)10-11-20)25-19(24-16)23-13(2)14-5-7-15(8-6-14)29(21,26)27/h4-9,13H,10-11H2,1-3H3,(H2,21,26,27)(H,23,24,25)/t13-/m1/s1. The highest BCUT2D eigenvalue weighted by atomic mass is 32.2. The van der Waals surface area contributed by atoms with Crippen molar-refractivity contribution in [1.82, 2.24) is 15.0 Å². The molecule has 0 bridgehead atoms. The zero-order valence-corrected chi connectivity index (χ0v) is 17.3. The van der Waals surface area contributed by atoms with Crippen molar-refractivity contribution in [3.8, 4) is 5.88 Å². The van der Waals surface area contributed by atoms with Gasteiger partial charge in [0.1, 0.15) is 5.60 Å². The molecule has 1 atom stereocenters. The second kappa shape index (κ2) is 6.93. The Hall–Kier alpha value is -2.78. The lowest BCUT2D eigenvalue weighted by Crippen LogP contribution is -2.16. The Morgan fingerprint density at radius 2 is 1.79 bits per heavy atom. The first-order chi connectivity index (χ1) is 13.6. The summed E-state index contributed by atoms with van der Waals surface area (Å²) in [7, 11) is -3.72. The Balaban J connectivity index is 1.64. The summed E-state index contributed by atoms with van der Waals surface area (Å²) in [4.78, 5) is 13.8. The van der Waals surface area contributed by atoms with Gasteiger partial charge in [0.25, 0.3) is 0 Å². The molecule has 0 aliphatic heterocycles. The summed E-state index contributed by atoms with van der Waals surface area (Å²) >= 11 is 0. The molecular formula is C20H23N5O3S. The van der Waals surface area contributed by atoms with E-state index in [1.165, 1.54) is 12.1 Å². The van der Waals surface area contributed by atoms with Crippen molar-refractivity contribution in [2.24, 2.45) is 5.14 Å². The number of benzene rings is 1. The Kier molecular flexibility index (Phi) is 4.66. The minimum absolute atomic E-state index is 0.0743. The minimum Gasteiger partial charge on any atom is -0.470 e. The maximum atomic E-state index is 11.4. The van der Waals surface area contributed by atoms with Crippen LogP contribution >= 0.6 is 0 Å². The molecule has 2 heterocycles. The summed E-state index contributed by atoms with van der Waals surface area (Å²) in [5.74, 6) is 0.892. The quantitative estimate of drug-likeness (QED) is 0.637. The number of nitrogens with one attached hydrogen (secondary N) is 1. The van der Waals surface area contributed by atoms with Gasteiger partial charge in [0.15, 0.2) is 5.52 Å². The highest BCUT2D eigenvalue weighted by molar-refractivity contribution is 7.89. The van der Waals surface area contributed by atoms with Crippen molar-refractivity contribution in [2.75, 3.05) is 5.32 Å². The fraction of sp³-hybridized carbons (Fsp3) is 0.350.